The summed E-state index contributed by atoms with van der Waals surface area (Å²) in [5.74, 6) is 0. The maximum Gasteiger partial charge on any atom is 0.242 e. The zero-order valence-electron chi connectivity index (χ0n) is 45.1. The first-order chi connectivity index (χ1) is 35.6. The largest absolute Gasteiger partial charge is 0.355 e. The molecule has 2 N–H and O–H groups in total. The quantitative estimate of drug-likeness (QED) is 0.149. The molecule has 0 saturated heterocycles. The number of nitrogens with zero attached hydrogens (tertiary/aromatic N) is 2. The second kappa shape index (κ2) is 19.1. The number of aromatic nitrogens is 4. The Labute approximate surface area is 438 Å². The SMILES string of the molecule is Cc1cc(C)c(B(c2ccc(-c3c4nc(cc5ccc([nH]5)c(-c5ccc(B(c6c(C)cc(C)cc6C)c6c(C)cc(C)cc6C)cc5)c5ccc(cc6nc3C=C6)[nH]5)C=C4)cc2)c2c(C)cc(C)cc2C)c(C)c1. The molecule has 0 spiro atoms. The minimum absolute atomic E-state index is 0.0834. The van der Waals surface area contributed by atoms with Crippen molar-refractivity contribution >= 4 is 92.6 Å². The van der Waals surface area contributed by atoms with Gasteiger partial charge in [0.1, 0.15) is 0 Å². The van der Waals surface area contributed by atoms with E-state index in [2.05, 4.69) is 251 Å². The van der Waals surface area contributed by atoms with Crippen molar-refractivity contribution in [2.75, 3.05) is 0 Å². The fraction of sp³-hybridized carbons (Fsp3) is 0.176. The van der Waals surface area contributed by atoms with Crippen molar-refractivity contribution in [2.24, 2.45) is 0 Å². The number of benzene rings is 6. The van der Waals surface area contributed by atoms with Gasteiger partial charge in [0, 0.05) is 33.2 Å². The van der Waals surface area contributed by atoms with Gasteiger partial charge >= 0.3 is 0 Å². The van der Waals surface area contributed by atoms with E-state index >= 15 is 0 Å². The summed E-state index contributed by atoms with van der Waals surface area (Å²) in [6, 6.07) is 50.2. The molecule has 362 valence electrons. The number of rotatable bonds is 8. The Balaban J connectivity index is 1.03. The molecule has 6 heteroatoms. The fourth-order valence-corrected chi connectivity index (χ4v) is 12.9. The molecule has 0 saturated carbocycles. The number of hydrogen-bond acceptors (Lipinski definition) is 2. The third-order valence-electron chi connectivity index (χ3n) is 15.6. The predicted octanol–water partition coefficient (Wildman–Crippen LogP) is 12.7. The molecule has 9 aromatic rings. The van der Waals surface area contributed by atoms with Gasteiger partial charge in [-0.1, -0.05) is 197 Å². The van der Waals surface area contributed by atoms with Crippen LogP contribution in [-0.4, -0.2) is 33.4 Å². The molecule has 0 amide bonds. The van der Waals surface area contributed by atoms with Crippen LogP contribution in [0.4, 0.5) is 0 Å². The summed E-state index contributed by atoms with van der Waals surface area (Å²) in [5.41, 5.74) is 35.7. The molecule has 11 rings (SSSR count). The molecule has 0 radical (unpaired) electrons. The standard InChI is InChI=1S/C68H64B2N4/c1-39-29-43(5)65(44(6)30-39)69(66-45(7)31-40(2)32-46(66)8)53-17-13-51(14-18-53)63-59-25-21-55(71-59)37-57-23-27-61(73-57)64(62-28-24-58(74-62)38-56-22-26-60(63)72-56)52-15-19-54(20-16-52)70(67-47(9)33-41(3)34-48(67)10)68-49(11)35-42(4)36-50(68)12/h13-38,71-72H,1-12H3. The number of hydrogen-bond donors (Lipinski definition) is 2. The molecule has 0 unspecified atom stereocenters. The molecule has 0 atom stereocenters. The van der Waals surface area contributed by atoms with Crippen LogP contribution in [0.2, 0.25) is 0 Å². The highest BCUT2D eigenvalue weighted by Gasteiger charge is 2.30. The highest BCUT2D eigenvalue weighted by atomic mass is 14.8. The highest BCUT2D eigenvalue weighted by molar-refractivity contribution is 6.97. The zero-order chi connectivity index (χ0) is 51.7. The summed E-state index contributed by atoms with van der Waals surface area (Å²) in [6.45, 7) is 27.1. The number of aryl methyl sites for hydroxylation is 12. The van der Waals surface area contributed by atoms with Gasteiger partial charge < -0.3 is 9.97 Å². The maximum absolute atomic E-state index is 5.30. The van der Waals surface area contributed by atoms with Crippen molar-refractivity contribution in [2.45, 2.75) is 83.1 Å². The van der Waals surface area contributed by atoms with Crippen LogP contribution < -0.4 is 32.8 Å². The van der Waals surface area contributed by atoms with Gasteiger partial charge in [-0.05, 0) is 155 Å². The minimum Gasteiger partial charge on any atom is -0.355 e. The maximum atomic E-state index is 5.30. The van der Waals surface area contributed by atoms with Gasteiger partial charge in [0.15, 0.2) is 0 Å². The molecule has 0 aliphatic carbocycles. The molecule has 6 aromatic carbocycles. The molecule has 2 aliphatic heterocycles. The monoisotopic (exact) mass is 959 g/mol. The summed E-state index contributed by atoms with van der Waals surface area (Å²) in [4.78, 5) is 18.2. The van der Waals surface area contributed by atoms with Crippen molar-refractivity contribution < 1.29 is 0 Å². The van der Waals surface area contributed by atoms with E-state index < -0.39 is 0 Å². The van der Waals surface area contributed by atoms with Crippen LogP contribution in [0.1, 0.15) is 89.5 Å². The molecule has 5 heterocycles. The van der Waals surface area contributed by atoms with E-state index in [-0.39, 0.29) is 13.4 Å². The lowest BCUT2D eigenvalue weighted by Crippen LogP contribution is -2.55. The smallest absolute Gasteiger partial charge is 0.242 e. The van der Waals surface area contributed by atoms with Crippen LogP contribution in [-0.2, 0) is 0 Å². The fourth-order valence-electron chi connectivity index (χ4n) is 12.9. The Hall–Kier alpha value is -7.95. The molecular formula is C68H64B2N4. The van der Waals surface area contributed by atoms with Crippen LogP contribution in [0.5, 0.6) is 0 Å². The summed E-state index contributed by atoms with van der Waals surface area (Å²) in [6.07, 6.45) is 8.51. The Morgan fingerprint density at radius 1 is 0.311 bits per heavy atom. The molecule has 8 bridgehead atoms. The zero-order valence-corrected chi connectivity index (χ0v) is 45.1. The summed E-state index contributed by atoms with van der Waals surface area (Å²) >= 11 is 0. The first kappa shape index (κ1) is 48.3. The van der Waals surface area contributed by atoms with E-state index in [4.69, 9.17) is 9.97 Å². The molecule has 74 heavy (non-hydrogen) atoms. The first-order valence-corrected chi connectivity index (χ1v) is 26.2. The summed E-state index contributed by atoms with van der Waals surface area (Å²) in [5, 5.41) is 0. The van der Waals surface area contributed by atoms with E-state index in [1.807, 2.05) is 0 Å². The van der Waals surface area contributed by atoms with Crippen molar-refractivity contribution in [3.8, 4) is 22.3 Å². The number of H-pyrrole nitrogens is 2. The number of aromatic amines is 2. The lowest BCUT2D eigenvalue weighted by atomic mass is 9.34. The van der Waals surface area contributed by atoms with Crippen molar-refractivity contribution in [1.29, 1.82) is 0 Å². The topological polar surface area (TPSA) is 57.4 Å². The van der Waals surface area contributed by atoms with Gasteiger partial charge in [-0.2, -0.15) is 0 Å². The Kier molecular flexibility index (Phi) is 12.5. The molecule has 4 nitrogen and oxygen atoms in total. The lowest BCUT2D eigenvalue weighted by Gasteiger charge is -2.25. The van der Waals surface area contributed by atoms with Crippen LogP contribution in [0.3, 0.4) is 0 Å². The highest BCUT2D eigenvalue weighted by Crippen LogP contribution is 2.33. The van der Waals surface area contributed by atoms with Gasteiger partial charge in [-0.15, -0.1) is 0 Å². The van der Waals surface area contributed by atoms with Crippen molar-refractivity contribution in [1.82, 2.24) is 19.9 Å². The summed E-state index contributed by atoms with van der Waals surface area (Å²) < 4.78 is 0. The Bertz CT molecular complexity index is 3670. The van der Waals surface area contributed by atoms with Gasteiger partial charge in [0.05, 0.1) is 22.8 Å². The summed E-state index contributed by atoms with van der Waals surface area (Å²) in [7, 11) is 0. The molecule has 0 fully saturated rings. The van der Waals surface area contributed by atoms with Gasteiger partial charge in [0.25, 0.3) is 0 Å². The van der Waals surface area contributed by atoms with Crippen LogP contribution >= 0.6 is 0 Å². The minimum atomic E-state index is 0.0834. The van der Waals surface area contributed by atoms with Gasteiger partial charge in [-0.3, -0.25) is 0 Å². The normalized spacial score (nSPS) is 11.9. The van der Waals surface area contributed by atoms with Crippen molar-refractivity contribution in [3.63, 3.8) is 0 Å². The molecule has 3 aromatic heterocycles. The van der Waals surface area contributed by atoms with Crippen LogP contribution in [0, 0.1) is 83.1 Å². The Morgan fingerprint density at radius 2 is 0.608 bits per heavy atom. The number of fused-ring (bicyclic) bond motifs is 8. The predicted molar refractivity (Wildman–Crippen MR) is 322 cm³/mol. The van der Waals surface area contributed by atoms with E-state index in [1.54, 1.807) is 0 Å². The van der Waals surface area contributed by atoms with Crippen LogP contribution in [0.25, 0.3) is 68.6 Å². The second-order valence-corrected chi connectivity index (χ2v) is 21.6. The average Bonchev–Trinajstić information content (AvgIpc) is 4.18. The second-order valence-electron chi connectivity index (χ2n) is 21.6. The van der Waals surface area contributed by atoms with E-state index in [0.717, 1.165) is 67.1 Å². The molecular weight excluding hydrogens is 894 g/mol. The number of nitrogens with one attached hydrogen (secondary N) is 2. The first-order valence-electron chi connectivity index (χ1n) is 26.2. The Morgan fingerprint density at radius 3 is 0.919 bits per heavy atom. The van der Waals surface area contributed by atoms with E-state index in [9.17, 15) is 0 Å². The van der Waals surface area contributed by atoms with E-state index in [0.29, 0.717) is 0 Å². The third-order valence-corrected chi connectivity index (χ3v) is 15.6. The van der Waals surface area contributed by atoms with Crippen LogP contribution in [0.15, 0.2) is 133 Å². The van der Waals surface area contributed by atoms with Gasteiger partial charge in [-0.25, -0.2) is 9.97 Å². The van der Waals surface area contributed by atoms with Crippen molar-refractivity contribution in [3.05, 3.63) is 223 Å². The molecule has 2 aliphatic rings. The lowest BCUT2D eigenvalue weighted by molar-refractivity contribution is 1.28. The van der Waals surface area contributed by atoms with E-state index in [1.165, 1.54) is 99.5 Å². The average molecular weight is 959 g/mol. The third kappa shape index (κ3) is 9.02. The van der Waals surface area contributed by atoms with Gasteiger partial charge in [0.2, 0.25) is 13.4 Å².